The van der Waals surface area contributed by atoms with Gasteiger partial charge in [-0.05, 0) is 141 Å². The molecule has 3 aliphatic rings. The lowest BCUT2D eigenvalue weighted by Gasteiger charge is -2.29. The lowest BCUT2D eigenvalue weighted by Crippen LogP contribution is -3.00. The number of aromatic hydroxyl groups is 1. The fraction of sp³-hybridized carbons (Fsp3) is 0.355. The van der Waals surface area contributed by atoms with E-state index in [1.54, 1.807) is 60.8 Å². The average molecular weight is 1810 g/mol. The Labute approximate surface area is 743 Å². The minimum Gasteiger partial charge on any atom is -1.00 e. The molecule has 1 fully saturated rings. The maximum atomic E-state index is 15.5. The first-order valence-electron chi connectivity index (χ1n) is 41.4. The van der Waals surface area contributed by atoms with Crippen molar-refractivity contribution in [1.29, 1.82) is 0 Å². The number of aromatic amines is 1. The van der Waals surface area contributed by atoms with Crippen LogP contribution in [0.15, 0.2) is 206 Å². The summed E-state index contributed by atoms with van der Waals surface area (Å²) in [5.41, 5.74) is 13.0. The lowest BCUT2D eigenvalue weighted by molar-refractivity contribution is -0.436. The number of anilines is 1. The molecule has 0 aliphatic carbocycles. The van der Waals surface area contributed by atoms with Crippen LogP contribution < -0.4 is 75.5 Å². The van der Waals surface area contributed by atoms with Gasteiger partial charge >= 0.3 is 11.9 Å². The van der Waals surface area contributed by atoms with Gasteiger partial charge in [0.2, 0.25) is 58.9 Å². The number of phenols is 1. The number of carboxylic acids is 2. The summed E-state index contributed by atoms with van der Waals surface area (Å²) in [7, 11) is 1.72. The fourth-order valence-electron chi connectivity index (χ4n) is 16.0. The first kappa shape index (κ1) is 95.3. The van der Waals surface area contributed by atoms with Crippen LogP contribution in [0.25, 0.3) is 32.4 Å². The number of halogens is 1. The molecule has 0 spiro atoms. The monoisotopic (exact) mass is 1810 g/mol. The second-order valence-corrected chi connectivity index (χ2v) is 34.9. The highest BCUT2D eigenvalue weighted by Gasteiger charge is 2.47. The Morgan fingerprint density at radius 1 is 0.608 bits per heavy atom. The number of carboxylic acid groups (broad SMARTS) is 2. The molecule has 1 saturated heterocycles. The molecule has 9 amide bonds. The van der Waals surface area contributed by atoms with Crippen LogP contribution in [0.2, 0.25) is 0 Å². The van der Waals surface area contributed by atoms with Gasteiger partial charge in [-0.25, -0.2) is 4.79 Å². The number of rotatable bonds is 30. The second-order valence-electron chi connectivity index (χ2n) is 32.3. The first-order valence-corrected chi connectivity index (χ1v) is 43.9. The number of unbranched alkanes of at least 4 members (excludes halogenated alkanes) is 1. The van der Waals surface area contributed by atoms with Crippen molar-refractivity contribution in [3.8, 4) is 5.75 Å². The molecule has 0 radical (unpaired) electrons. The molecule has 0 bridgehead atoms. The Balaban J connectivity index is 0.0000163. The molecule has 8 aromatic rings. The SMILES string of the molecule is C[C@H](NC(=O)CC[N+]1=C(/C=C/C=C/C=C/C=C2/N(CCC(=O)O)c3ccc4ccccc4c3C2(C)C)C(C)(C)c2c1ccc1ccccc21)C(=O)N[C@H](Cc1ccccc1)C(=O)N[C@H]1CSSC[C@@H](C(=O)N[C@H](C(=O)O)[C@@H](C)O)NC(=O)[C@@H]([C@@H](C)O)NC(=O)[C@H](CCCCN)NC(=O)[C@@H](Cc2c[nH]c3ccccc23)NC(=O)[C@H](Cc2ccc(O)cc2)NC1=O.[Br-]. The van der Waals surface area contributed by atoms with Crippen LogP contribution >= 0.6 is 21.6 Å². The number of amides is 9. The molecule has 125 heavy (non-hydrogen) atoms. The number of hydrogen-bond acceptors (Lipinski definition) is 18. The highest BCUT2D eigenvalue weighted by molar-refractivity contribution is 8.76. The summed E-state index contributed by atoms with van der Waals surface area (Å²) in [4.78, 5) is 163. The molecule has 7 aromatic carbocycles. The van der Waals surface area contributed by atoms with Gasteiger partial charge in [-0.1, -0.05) is 181 Å². The van der Waals surface area contributed by atoms with Crippen molar-refractivity contribution in [2.45, 2.75) is 177 Å². The van der Waals surface area contributed by atoms with E-state index in [1.165, 1.54) is 38.1 Å². The van der Waals surface area contributed by atoms with Gasteiger partial charge in [0.05, 0.1) is 30.5 Å². The third-order valence-corrected chi connectivity index (χ3v) is 24.9. The van der Waals surface area contributed by atoms with Crippen LogP contribution in [0, 0.1) is 0 Å². The number of aliphatic carboxylic acids is 2. The van der Waals surface area contributed by atoms with E-state index >= 15 is 19.2 Å². The summed E-state index contributed by atoms with van der Waals surface area (Å²) in [5, 5.41) is 80.8. The number of para-hydroxylation sites is 1. The number of nitrogens with zero attached hydrogens (tertiary/aromatic N) is 2. The molecule has 11 atom stereocenters. The molecular weight excluding hydrogens is 1700 g/mol. The summed E-state index contributed by atoms with van der Waals surface area (Å²) in [6.07, 6.45) is 11.7. The predicted octanol–water partition coefficient (Wildman–Crippen LogP) is 4.26. The van der Waals surface area contributed by atoms with Crippen LogP contribution in [0.1, 0.15) is 108 Å². The number of nitrogens with two attached hydrogens (primary N) is 1. The first-order chi connectivity index (χ1) is 59.3. The summed E-state index contributed by atoms with van der Waals surface area (Å²) in [5.74, 6) is -11.8. The Bertz CT molecular complexity index is 5460. The summed E-state index contributed by atoms with van der Waals surface area (Å²) >= 11 is 0. The third kappa shape index (κ3) is 24.0. The van der Waals surface area contributed by atoms with E-state index in [1.807, 2.05) is 85.0 Å². The molecule has 660 valence electrons. The summed E-state index contributed by atoms with van der Waals surface area (Å²) in [6, 6.07) is 31.6. The number of aliphatic hydroxyl groups is 2. The zero-order chi connectivity index (χ0) is 89.1. The standard InChI is InChI=1S/C93H107N13O16S2.BrH/c1-54(96-77(110)43-46-105-73-41-37-59-26-16-18-29-64(59)79(73)92(4,5)75(105)33-14-9-8-10-15-34-76-93(6,7)80-65-30-19-17-27-60(65)38-42-74(80)106(76)47-44-78(111)112)83(113)98-68(48-57-24-12-11-13-25-57)86(116)101-71-52-123-124-53-72(89(119)104-82(56(3)108)91(121)122)102-90(120)81(55(2)107)103-84(114)67(32-22-23-45-94)97-87(117)70(50-61-51-95-66-31-21-20-28-63(61)66)100-85(115)69(99-88(71)118)49-58-35-39-62(109)40-36-58;/h8-21,24-31,33-42,51,54-56,67-72,81-82,95,107-108H,22-23,32,43-50,52-53,94H2,1-7H3,(H11-,96,97,98,99,100,101,102,103,104,109,110,111,112,113,114,115,116,117,118,119,120,121,122);1H/t54-,55+,56+,67-,68+,69-,70+,71-,72-,81+,82-;/m0./s1. The molecule has 3 aliphatic heterocycles. The van der Waals surface area contributed by atoms with Gasteiger partial charge < -0.3 is 106 Å². The number of carbonyl (C=O) groups excluding carboxylic acids is 9. The molecular formula is C93H108BrN13O16S2. The zero-order valence-electron chi connectivity index (χ0n) is 70.5. The fourth-order valence-corrected chi connectivity index (χ4v) is 18.3. The Kier molecular flexibility index (Phi) is 33.2. The number of carbonyl (C=O) groups is 11. The van der Waals surface area contributed by atoms with Crippen molar-refractivity contribution in [3.63, 3.8) is 0 Å². The maximum absolute atomic E-state index is 15.5. The minimum absolute atomic E-state index is 0. The van der Waals surface area contributed by atoms with Gasteiger partial charge in [0.15, 0.2) is 18.3 Å². The van der Waals surface area contributed by atoms with E-state index in [0.717, 1.165) is 84.0 Å². The molecule has 1 aromatic heterocycles. The van der Waals surface area contributed by atoms with E-state index in [9.17, 15) is 59.1 Å². The normalized spacial score (nSPS) is 20.4. The highest BCUT2D eigenvalue weighted by Crippen LogP contribution is 2.51. The molecule has 0 unspecified atom stereocenters. The molecule has 29 nitrogen and oxygen atoms in total. The van der Waals surface area contributed by atoms with Gasteiger partial charge in [-0.3, -0.25) is 47.9 Å². The quantitative estimate of drug-likeness (QED) is 0.0129. The second kappa shape index (κ2) is 43.6. The highest BCUT2D eigenvalue weighted by atomic mass is 79.9. The Morgan fingerprint density at radius 3 is 1.89 bits per heavy atom. The van der Waals surface area contributed by atoms with Crippen LogP contribution in [-0.2, 0) is 82.8 Å². The van der Waals surface area contributed by atoms with Gasteiger partial charge in [0, 0.05) is 88.9 Å². The van der Waals surface area contributed by atoms with Crippen molar-refractivity contribution in [3.05, 3.63) is 234 Å². The largest absolute Gasteiger partial charge is 1.00 e. The molecule has 32 heteroatoms. The summed E-state index contributed by atoms with van der Waals surface area (Å²) in [6.45, 7) is 13.0. The smallest absolute Gasteiger partial charge is 0.328 e. The number of nitrogens with one attached hydrogen (secondary N) is 10. The van der Waals surface area contributed by atoms with Gasteiger partial charge in [-0.2, -0.15) is 4.58 Å². The van der Waals surface area contributed by atoms with Crippen molar-refractivity contribution >= 4 is 136 Å². The van der Waals surface area contributed by atoms with Crippen LogP contribution in [-0.4, -0.2) is 204 Å². The number of fused-ring (bicyclic) bond motifs is 7. The van der Waals surface area contributed by atoms with E-state index in [0.29, 0.717) is 40.6 Å². The lowest BCUT2D eigenvalue weighted by atomic mass is 9.79. The van der Waals surface area contributed by atoms with E-state index < -0.39 is 154 Å². The molecule has 4 heterocycles. The molecule has 11 rings (SSSR count). The van der Waals surface area contributed by atoms with Crippen molar-refractivity contribution in [1.82, 2.24) is 52.8 Å². The van der Waals surface area contributed by atoms with Crippen molar-refractivity contribution < 1.29 is 99.8 Å². The van der Waals surface area contributed by atoms with Gasteiger partial charge in [0.1, 0.15) is 54.1 Å². The number of hydrogen-bond donors (Lipinski definition) is 16. The number of phenolic OH excluding ortho intramolecular Hbond substituents is 1. The number of aromatic nitrogens is 1. The van der Waals surface area contributed by atoms with Crippen molar-refractivity contribution in [2.24, 2.45) is 5.73 Å². The number of H-pyrrole nitrogens is 1. The third-order valence-electron chi connectivity index (χ3n) is 22.5. The van der Waals surface area contributed by atoms with Crippen LogP contribution in [0.3, 0.4) is 0 Å². The van der Waals surface area contributed by atoms with Crippen LogP contribution in [0.5, 0.6) is 5.75 Å². The zero-order valence-corrected chi connectivity index (χ0v) is 73.7. The van der Waals surface area contributed by atoms with E-state index in [-0.39, 0.29) is 80.8 Å². The topological polar surface area (TPSA) is 445 Å². The van der Waals surface area contributed by atoms with Gasteiger partial charge in [-0.15, -0.1) is 0 Å². The predicted molar refractivity (Wildman–Crippen MR) is 479 cm³/mol. The minimum atomic E-state index is -1.90. The van der Waals surface area contributed by atoms with Crippen LogP contribution in [0.4, 0.5) is 11.4 Å². The van der Waals surface area contributed by atoms with E-state index in [2.05, 4.69) is 120 Å². The van der Waals surface area contributed by atoms with Crippen molar-refractivity contribution in [2.75, 3.05) is 36.0 Å². The number of aliphatic hydroxyl groups excluding tert-OH is 2. The summed E-state index contributed by atoms with van der Waals surface area (Å²) < 4.78 is 2.10. The number of benzene rings is 7. The Hall–Kier alpha value is -11.9. The molecule has 0 saturated carbocycles. The average Bonchev–Trinajstić information content (AvgIpc) is 1.01. The van der Waals surface area contributed by atoms with Gasteiger partial charge in [0.25, 0.3) is 0 Å². The Morgan fingerprint density at radius 2 is 1.22 bits per heavy atom. The maximum Gasteiger partial charge on any atom is 0.328 e. The van der Waals surface area contributed by atoms with E-state index in [4.69, 9.17) is 5.73 Å². The molecule has 17 N–H and O–H groups in total. The number of allylic oxidation sites excluding steroid dienone is 8.